The van der Waals surface area contributed by atoms with E-state index < -0.39 is 12.4 Å². The first kappa shape index (κ1) is 9.88. The normalized spacial score (nSPS) is 14.1. The molecular weight excluding hydrogens is 132 g/mol. The summed E-state index contributed by atoms with van der Waals surface area (Å²) >= 11 is 0. The van der Waals surface area contributed by atoms with Crippen molar-refractivity contribution in [2.75, 3.05) is 0 Å². The SMILES string of the molecule is CCCCCC(O)C(O)O. The summed E-state index contributed by atoms with van der Waals surface area (Å²) in [4.78, 5) is 0. The van der Waals surface area contributed by atoms with Crippen molar-refractivity contribution in [1.29, 1.82) is 0 Å². The van der Waals surface area contributed by atoms with E-state index in [0.717, 1.165) is 19.3 Å². The summed E-state index contributed by atoms with van der Waals surface area (Å²) in [7, 11) is 0. The zero-order valence-electron chi connectivity index (χ0n) is 6.32. The van der Waals surface area contributed by atoms with Crippen LogP contribution in [-0.4, -0.2) is 27.7 Å². The minimum atomic E-state index is -1.57. The second-order valence-electron chi connectivity index (χ2n) is 2.48. The van der Waals surface area contributed by atoms with E-state index in [1.54, 1.807) is 0 Å². The topological polar surface area (TPSA) is 60.7 Å². The Hall–Kier alpha value is -0.120. The Bertz CT molecular complexity index is 73.3. The predicted molar refractivity (Wildman–Crippen MR) is 38.4 cm³/mol. The van der Waals surface area contributed by atoms with Gasteiger partial charge in [-0.3, -0.25) is 0 Å². The number of unbranched alkanes of at least 4 members (excludes halogenated alkanes) is 2. The van der Waals surface area contributed by atoms with Gasteiger partial charge in [0.25, 0.3) is 0 Å². The van der Waals surface area contributed by atoms with Gasteiger partial charge in [-0.05, 0) is 6.42 Å². The molecule has 0 aromatic heterocycles. The van der Waals surface area contributed by atoms with Crippen molar-refractivity contribution < 1.29 is 15.3 Å². The van der Waals surface area contributed by atoms with E-state index >= 15 is 0 Å². The molecule has 0 saturated heterocycles. The van der Waals surface area contributed by atoms with Gasteiger partial charge in [0.05, 0.1) is 0 Å². The third-order valence-corrected chi connectivity index (χ3v) is 1.45. The minimum Gasteiger partial charge on any atom is -0.388 e. The van der Waals surface area contributed by atoms with E-state index in [1.165, 1.54) is 0 Å². The van der Waals surface area contributed by atoms with Crippen LogP contribution in [0.5, 0.6) is 0 Å². The molecular formula is C7H16O3. The van der Waals surface area contributed by atoms with Crippen molar-refractivity contribution in [3.05, 3.63) is 0 Å². The Morgan fingerprint density at radius 3 is 2.10 bits per heavy atom. The molecule has 0 heterocycles. The molecule has 3 nitrogen and oxygen atoms in total. The summed E-state index contributed by atoms with van der Waals surface area (Å²) in [6, 6.07) is 0. The Balaban J connectivity index is 3.13. The zero-order chi connectivity index (χ0) is 7.98. The van der Waals surface area contributed by atoms with E-state index in [0.29, 0.717) is 6.42 Å². The van der Waals surface area contributed by atoms with E-state index in [4.69, 9.17) is 15.3 Å². The van der Waals surface area contributed by atoms with Gasteiger partial charge in [-0.15, -0.1) is 0 Å². The highest BCUT2D eigenvalue weighted by Gasteiger charge is 2.10. The van der Waals surface area contributed by atoms with Crippen molar-refractivity contribution in [2.45, 2.75) is 45.0 Å². The first-order chi connectivity index (χ1) is 4.68. The average molecular weight is 148 g/mol. The number of hydrogen-bond donors (Lipinski definition) is 3. The molecule has 1 unspecified atom stereocenters. The van der Waals surface area contributed by atoms with Crippen LogP contribution in [0.1, 0.15) is 32.6 Å². The van der Waals surface area contributed by atoms with Crippen molar-refractivity contribution in [1.82, 2.24) is 0 Å². The van der Waals surface area contributed by atoms with Crippen molar-refractivity contribution >= 4 is 0 Å². The van der Waals surface area contributed by atoms with Crippen LogP contribution < -0.4 is 0 Å². The van der Waals surface area contributed by atoms with E-state index in [9.17, 15) is 0 Å². The Labute approximate surface area is 61.3 Å². The third-order valence-electron chi connectivity index (χ3n) is 1.45. The van der Waals surface area contributed by atoms with Crippen molar-refractivity contribution in [2.24, 2.45) is 0 Å². The third kappa shape index (κ3) is 4.73. The van der Waals surface area contributed by atoms with Gasteiger partial charge in [-0.25, -0.2) is 0 Å². The standard InChI is InChI=1S/C7H16O3/c1-2-3-4-5-6(8)7(9)10/h6-10H,2-5H2,1H3. The van der Waals surface area contributed by atoms with Gasteiger partial charge in [0.2, 0.25) is 0 Å². The molecule has 3 N–H and O–H groups in total. The minimum absolute atomic E-state index is 0.478. The molecule has 0 bridgehead atoms. The molecule has 62 valence electrons. The summed E-state index contributed by atoms with van der Waals surface area (Å²) in [5, 5.41) is 25.7. The quantitative estimate of drug-likeness (QED) is 0.386. The van der Waals surface area contributed by atoms with Gasteiger partial charge in [0.15, 0.2) is 6.29 Å². The molecule has 1 atom stereocenters. The smallest absolute Gasteiger partial charge is 0.178 e. The lowest BCUT2D eigenvalue weighted by atomic mass is 10.1. The molecule has 0 aliphatic heterocycles. The number of hydrogen-bond acceptors (Lipinski definition) is 3. The van der Waals surface area contributed by atoms with Gasteiger partial charge in [-0.2, -0.15) is 0 Å². The summed E-state index contributed by atoms with van der Waals surface area (Å²) in [5.41, 5.74) is 0. The largest absolute Gasteiger partial charge is 0.388 e. The van der Waals surface area contributed by atoms with Crippen LogP contribution in [0.2, 0.25) is 0 Å². The lowest BCUT2D eigenvalue weighted by Gasteiger charge is -2.10. The summed E-state index contributed by atoms with van der Waals surface area (Å²) in [5.74, 6) is 0. The lowest BCUT2D eigenvalue weighted by molar-refractivity contribution is -0.124. The number of aliphatic hydroxyl groups excluding tert-OH is 2. The van der Waals surface area contributed by atoms with Crippen molar-refractivity contribution in [3.63, 3.8) is 0 Å². The molecule has 0 fully saturated rings. The fourth-order valence-corrected chi connectivity index (χ4v) is 0.753. The summed E-state index contributed by atoms with van der Waals surface area (Å²) in [6.45, 7) is 2.06. The monoisotopic (exact) mass is 148 g/mol. The van der Waals surface area contributed by atoms with Crippen LogP contribution >= 0.6 is 0 Å². The fraction of sp³-hybridized carbons (Fsp3) is 1.00. The first-order valence-electron chi connectivity index (χ1n) is 3.72. The van der Waals surface area contributed by atoms with Crippen LogP contribution in [0.3, 0.4) is 0 Å². The van der Waals surface area contributed by atoms with Gasteiger partial charge >= 0.3 is 0 Å². The van der Waals surface area contributed by atoms with Gasteiger partial charge in [-0.1, -0.05) is 26.2 Å². The lowest BCUT2D eigenvalue weighted by Crippen LogP contribution is -2.24. The van der Waals surface area contributed by atoms with Crippen LogP contribution in [0.25, 0.3) is 0 Å². The molecule has 0 saturated carbocycles. The van der Waals surface area contributed by atoms with Gasteiger partial charge < -0.3 is 15.3 Å². The highest BCUT2D eigenvalue weighted by molar-refractivity contribution is 4.55. The molecule has 0 amide bonds. The molecule has 0 radical (unpaired) electrons. The number of rotatable bonds is 5. The molecule has 10 heavy (non-hydrogen) atoms. The molecule has 0 spiro atoms. The second kappa shape index (κ2) is 5.65. The van der Waals surface area contributed by atoms with E-state index in [-0.39, 0.29) is 0 Å². The van der Waals surface area contributed by atoms with Crippen molar-refractivity contribution in [3.8, 4) is 0 Å². The van der Waals surface area contributed by atoms with E-state index in [2.05, 4.69) is 6.92 Å². The van der Waals surface area contributed by atoms with Crippen LogP contribution in [0.15, 0.2) is 0 Å². The number of aliphatic hydroxyl groups is 3. The average Bonchev–Trinajstić information content (AvgIpc) is 1.88. The maximum absolute atomic E-state index is 8.85. The maximum Gasteiger partial charge on any atom is 0.178 e. The predicted octanol–water partition coefficient (Wildman–Crippen LogP) is 0.238. The molecule has 3 heteroatoms. The van der Waals surface area contributed by atoms with E-state index in [1.807, 2.05) is 0 Å². The highest BCUT2D eigenvalue weighted by atomic mass is 16.5. The summed E-state index contributed by atoms with van der Waals surface area (Å²) < 4.78 is 0. The fourth-order valence-electron chi connectivity index (χ4n) is 0.753. The molecule has 0 aliphatic rings. The van der Waals surface area contributed by atoms with Gasteiger partial charge in [0.1, 0.15) is 6.10 Å². The Morgan fingerprint density at radius 2 is 1.70 bits per heavy atom. The Morgan fingerprint density at radius 1 is 1.10 bits per heavy atom. The molecule has 0 aromatic carbocycles. The zero-order valence-corrected chi connectivity index (χ0v) is 6.32. The van der Waals surface area contributed by atoms with Crippen LogP contribution in [0, 0.1) is 0 Å². The highest BCUT2D eigenvalue weighted by Crippen LogP contribution is 2.04. The molecule has 0 aromatic rings. The van der Waals surface area contributed by atoms with Gasteiger partial charge in [0, 0.05) is 0 Å². The second-order valence-corrected chi connectivity index (χ2v) is 2.48. The van der Waals surface area contributed by atoms with Crippen LogP contribution in [-0.2, 0) is 0 Å². The Kier molecular flexibility index (Phi) is 5.58. The molecule has 0 aliphatic carbocycles. The first-order valence-corrected chi connectivity index (χ1v) is 3.72. The molecule has 0 rings (SSSR count). The van der Waals surface area contributed by atoms with Crippen LogP contribution in [0.4, 0.5) is 0 Å². The summed E-state index contributed by atoms with van der Waals surface area (Å²) in [6.07, 6.45) is 0.905. The maximum atomic E-state index is 8.85.